The number of hydrogen-bond acceptors (Lipinski definition) is 6. The van der Waals surface area contributed by atoms with Crippen molar-refractivity contribution in [3.63, 3.8) is 0 Å². The SMILES string of the molecule is CNC(=O)C1CCCN(c2nc(Nc3ccc(F)c(C#N)c3)nc3c2CCCC3)C1. The van der Waals surface area contributed by atoms with Crippen LogP contribution < -0.4 is 15.5 Å². The highest BCUT2D eigenvalue weighted by atomic mass is 19.1. The van der Waals surface area contributed by atoms with E-state index < -0.39 is 5.82 Å². The smallest absolute Gasteiger partial charge is 0.229 e. The van der Waals surface area contributed by atoms with E-state index in [9.17, 15) is 9.18 Å². The van der Waals surface area contributed by atoms with E-state index in [-0.39, 0.29) is 17.4 Å². The molecule has 0 radical (unpaired) electrons. The van der Waals surface area contributed by atoms with Crippen LogP contribution >= 0.6 is 0 Å². The lowest BCUT2D eigenvalue weighted by atomic mass is 9.93. The predicted molar refractivity (Wildman–Crippen MR) is 112 cm³/mol. The normalized spacial score (nSPS) is 18.3. The van der Waals surface area contributed by atoms with Crippen molar-refractivity contribution in [2.24, 2.45) is 5.92 Å². The number of anilines is 3. The van der Waals surface area contributed by atoms with Gasteiger partial charge in [0.1, 0.15) is 17.7 Å². The fourth-order valence-electron chi connectivity index (χ4n) is 4.30. The minimum Gasteiger partial charge on any atom is -0.359 e. The monoisotopic (exact) mass is 408 g/mol. The molecule has 0 bridgehead atoms. The number of benzene rings is 1. The summed E-state index contributed by atoms with van der Waals surface area (Å²) >= 11 is 0. The van der Waals surface area contributed by atoms with Gasteiger partial charge >= 0.3 is 0 Å². The summed E-state index contributed by atoms with van der Waals surface area (Å²) in [5, 5.41) is 15.0. The minimum absolute atomic E-state index is 0.0253. The summed E-state index contributed by atoms with van der Waals surface area (Å²) in [7, 11) is 1.67. The number of nitrogens with zero attached hydrogens (tertiary/aromatic N) is 4. The van der Waals surface area contributed by atoms with Crippen LogP contribution in [0.15, 0.2) is 18.2 Å². The van der Waals surface area contributed by atoms with E-state index >= 15 is 0 Å². The van der Waals surface area contributed by atoms with Gasteiger partial charge in [-0.1, -0.05) is 0 Å². The van der Waals surface area contributed by atoms with E-state index in [1.165, 1.54) is 17.7 Å². The van der Waals surface area contributed by atoms with Gasteiger partial charge in [-0.3, -0.25) is 4.79 Å². The first kappa shape index (κ1) is 20.1. The fraction of sp³-hybridized carbons (Fsp3) is 0.455. The van der Waals surface area contributed by atoms with Gasteiger partial charge < -0.3 is 15.5 Å². The lowest BCUT2D eigenvalue weighted by Gasteiger charge is -2.35. The zero-order chi connectivity index (χ0) is 21.1. The highest BCUT2D eigenvalue weighted by Gasteiger charge is 2.29. The largest absolute Gasteiger partial charge is 0.359 e. The second kappa shape index (κ2) is 8.66. The molecule has 1 aliphatic heterocycles. The maximum atomic E-state index is 13.7. The van der Waals surface area contributed by atoms with Crippen molar-refractivity contribution < 1.29 is 9.18 Å². The number of aryl methyl sites for hydroxylation is 1. The molecule has 2 aliphatic rings. The third kappa shape index (κ3) is 4.06. The summed E-state index contributed by atoms with van der Waals surface area (Å²) in [6.07, 6.45) is 5.82. The molecule has 8 heteroatoms. The van der Waals surface area contributed by atoms with Crippen LogP contribution in [0.1, 0.15) is 42.5 Å². The standard InChI is InChI=1S/C22H25FN6O/c1-25-21(30)14-5-4-10-29(13-14)20-17-6-2-3-7-19(17)27-22(28-20)26-16-8-9-18(23)15(11-16)12-24/h8-9,11,14H,2-7,10,13H2,1H3,(H,25,30)(H,26,27,28). The molecule has 2 heterocycles. The third-order valence-electron chi connectivity index (χ3n) is 5.84. The molecule has 4 rings (SSSR count). The van der Waals surface area contributed by atoms with Crippen LogP contribution in [0.4, 0.5) is 21.8 Å². The second-order valence-corrected chi connectivity index (χ2v) is 7.83. The lowest BCUT2D eigenvalue weighted by Crippen LogP contribution is -2.43. The maximum Gasteiger partial charge on any atom is 0.229 e. The Hall–Kier alpha value is -3.21. The molecule has 2 N–H and O–H groups in total. The first-order chi connectivity index (χ1) is 14.6. The number of aromatic nitrogens is 2. The molecule has 1 aromatic heterocycles. The molecule has 1 saturated heterocycles. The molecular weight excluding hydrogens is 383 g/mol. The number of fused-ring (bicyclic) bond motifs is 1. The van der Waals surface area contributed by atoms with Crippen molar-refractivity contribution in [2.75, 3.05) is 30.4 Å². The summed E-state index contributed by atoms with van der Waals surface area (Å²) in [5.74, 6) is 0.784. The van der Waals surface area contributed by atoms with E-state index in [0.717, 1.165) is 56.6 Å². The Morgan fingerprint density at radius 3 is 2.90 bits per heavy atom. The Balaban J connectivity index is 1.67. The molecule has 0 saturated carbocycles. The number of carbonyl (C=O) groups excluding carboxylic acids is 1. The summed E-state index contributed by atoms with van der Waals surface area (Å²) in [5.41, 5.74) is 2.73. The number of nitriles is 1. The first-order valence-electron chi connectivity index (χ1n) is 10.4. The summed E-state index contributed by atoms with van der Waals surface area (Å²) in [6.45, 7) is 1.49. The number of rotatable bonds is 4. The Morgan fingerprint density at radius 1 is 1.27 bits per heavy atom. The predicted octanol–water partition coefficient (Wildman–Crippen LogP) is 3.07. The molecule has 0 spiro atoms. The van der Waals surface area contributed by atoms with Crippen molar-refractivity contribution in [3.8, 4) is 6.07 Å². The first-order valence-corrected chi connectivity index (χ1v) is 10.4. The topological polar surface area (TPSA) is 93.9 Å². The molecule has 1 amide bonds. The van der Waals surface area contributed by atoms with Crippen LogP contribution in [0.3, 0.4) is 0 Å². The van der Waals surface area contributed by atoms with Gasteiger partial charge in [0.2, 0.25) is 11.9 Å². The molecule has 156 valence electrons. The van der Waals surface area contributed by atoms with Crippen molar-refractivity contribution in [3.05, 3.63) is 40.8 Å². The number of piperidine rings is 1. The van der Waals surface area contributed by atoms with Crippen LogP contribution in [-0.2, 0) is 17.6 Å². The zero-order valence-electron chi connectivity index (χ0n) is 17.0. The Labute approximate surface area is 175 Å². The van der Waals surface area contributed by atoms with Crippen LogP contribution in [-0.4, -0.2) is 36.0 Å². The van der Waals surface area contributed by atoms with Gasteiger partial charge in [-0.25, -0.2) is 9.37 Å². The summed E-state index contributed by atoms with van der Waals surface area (Å²) in [4.78, 5) is 23.9. The van der Waals surface area contributed by atoms with E-state index in [4.69, 9.17) is 15.2 Å². The quantitative estimate of drug-likeness (QED) is 0.808. The van der Waals surface area contributed by atoms with Crippen LogP contribution in [0.5, 0.6) is 0 Å². The van der Waals surface area contributed by atoms with Gasteiger partial charge in [0.05, 0.1) is 17.2 Å². The van der Waals surface area contributed by atoms with Gasteiger partial charge in [-0.2, -0.15) is 10.2 Å². The van der Waals surface area contributed by atoms with E-state index in [0.29, 0.717) is 18.2 Å². The molecule has 1 unspecified atom stereocenters. The minimum atomic E-state index is -0.552. The van der Waals surface area contributed by atoms with Crippen molar-refractivity contribution in [1.82, 2.24) is 15.3 Å². The van der Waals surface area contributed by atoms with Gasteiger partial charge in [0.15, 0.2) is 0 Å². The summed E-state index contributed by atoms with van der Waals surface area (Å²) < 4.78 is 13.7. The van der Waals surface area contributed by atoms with Gasteiger partial charge in [0.25, 0.3) is 0 Å². The maximum absolute atomic E-state index is 13.7. The number of nitrogens with one attached hydrogen (secondary N) is 2. The Bertz CT molecular complexity index is 1000. The lowest BCUT2D eigenvalue weighted by molar-refractivity contribution is -0.124. The van der Waals surface area contributed by atoms with E-state index in [2.05, 4.69) is 15.5 Å². The highest BCUT2D eigenvalue weighted by Crippen LogP contribution is 2.32. The van der Waals surface area contributed by atoms with Crippen LogP contribution in [0.25, 0.3) is 0 Å². The molecule has 2 aromatic rings. The average molecular weight is 408 g/mol. The highest BCUT2D eigenvalue weighted by molar-refractivity contribution is 5.79. The van der Waals surface area contributed by atoms with Crippen LogP contribution in [0, 0.1) is 23.1 Å². The van der Waals surface area contributed by atoms with E-state index in [1.807, 2.05) is 6.07 Å². The van der Waals surface area contributed by atoms with E-state index in [1.54, 1.807) is 13.1 Å². The average Bonchev–Trinajstić information content (AvgIpc) is 2.79. The molecule has 1 fully saturated rings. The molecular formula is C22H25FN6O. The van der Waals surface area contributed by atoms with Gasteiger partial charge in [-0.05, 0) is 56.7 Å². The van der Waals surface area contributed by atoms with Crippen molar-refractivity contribution in [1.29, 1.82) is 5.26 Å². The van der Waals surface area contributed by atoms with Crippen molar-refractivity contribution >= 4 is 23.4 Å². The summed E-state index contributed by atoms with van der Waals surface area (Å²) in [6, 6.07) is 6.15. The second-order valence-electron chi connectivity index (χ2n) is 7.83. The number of halogens is 1. The number of carbonyl (C=O) groups is 1. The Kier molecular flexibility index (Phi) is 5.79. The molecule has 1 aliphatic carbocycles. The van der Waals surface area contributed by atoms with Gasteiger partial charge in [-0.15, -0.1) is 0 Å². The molecule has 7 nitrogen and oxygen atoms in total. The molecule has 1 aromatic carbocycles. The number of amides is 1. The zero-order valence-corrected chi connectivity index (χ0v) is 17.0. The Morgan fingerprint density at radius 2 is 2.10 bits per heavy atom. The third-order valence-corrected chi connectivity index (χ3v) is 5.84. The number of hydrogen-bond donors (Lipinski definition) is 2. The fourth-order valence-corrected chi connectivity index (χ4v) is 4.30. The van der Waals surface area contributed by atoms with Gasteiger partial charge in [0, 0.05) is 31.4 Å². The molecule has 30 heavy (non-hydrogen) atoms. The van der Waals surface area contributed by atoms with Crippen molar-refractivity contribution in [2.45, 2.75) is 38.5 Å². The molecule has 1 atom stereocenters. The van der Waals surface area contributed by atoms with Crippen LogP contribution in [0.2, 0.25) is 0 Å².